The minimum absolute atomic E-state index is 0.324. The van der Waals surface area contributed by atoms with Gasteiger partial charge in [0.05, 0.1) is 23.9 Å². The fourth-order valence-electron chi connectivity index (χ4n) is 3.10. The minimum atomic E-state index is -0.890. The quantitative estimate of drug-likeness (QED) is 0.814. The Kier molecular flexibility index (Phi) is 4.36. The topological polar surface area (TPSA) is 93.6 Å². The molecule has 0 atom stereocenters. The zero-order chi connectivity index (χ0) is 18.2. The number of nitrogen functional groups attached to an aromatic ring is 1. The van der Waals surface area contributed by atoms with Crippen LogP contribution in [0.3, 0.4) is 0 Å². The first-order chi connectivity index (χ1) is 11.7. The highest BCUT2D eigenvalue weighted by atomic mass is 16.6. The van der Waals surface area contributed by atoms with Crippen LogP contribution in [-0.2, 0) is 11.3 Å². The van der Waals surface area contributed by atoms with E-state index in [0.29, 0.717) is 38.2 Å². The number of rotatable bonds is 2. The summed E-state index contributed by atoms with van der Waals surface area (Å²) >= 11 is 0. The van der Waals surface area contributed by atoms with Gasteiger partial charge in [-0.2, -0.15) is 5.10 Å². The lowest BCUT2D eigenvalue weighted by Gasteiger charge is -2.38. The molecular formula is C18H26N4O3. The normalized spacial score (nSPS) is 17.7. The molecule has 136 valence electrons. The number of carbonyl (C=O) groups excluding carboxylic acids is 1. The lowest BCUT2D eigenvalue weighted by Crippen LogP contribution is -2.49. The molecule has 1 aromatic carbocycles. The van der Waals surface area contributed by atoms with E-state index in [2.05, 4.69) is 5.10 Å². The van der Waals surface area contributed by atoms with Crippen molar-refractivity contribution in [3.05, 3.63) is 24.4 Å². The Labute approximate surface area is 147 Å². The van der Waals surface area contributed by atoms with Crippen LogP contribution >= 0.6 is 0 Å². The summed E-state index contributed by atoms with van der Waals surface area (Å²) in [5.74, 6) is 0. The van der Waals surface area contributed by atoms with Crippen molar-refractivity contribution in [1.29, 1.82) is 0 Å². The van der Waals surface area contributed by atoms with Crippen LogP contribution in [0.5, 0.6) is 0 Å². The van der Waals surface area contributed by atoms with Gasteiger partial charge in [-0.05, 0) is 51.8 Å². The SMILES string of the molecule is CC(C)(C)OC(=O)N1CCC(O)(Cn2ncc3cc(N)ccc32)CC1. The summed E-state index contributed by atoms with van der Waals surface area (Å²) in [6.45, 7) is 6.87. The Morgan fingerprint density at radius 2 is 2.04 bits per heavy atom. The average Bonchev–Trinajstić information content (AvgIpc) is 2.87. The summed E-state index contributed by atoms with van der Waals surface area (Å²) in [6.07, 6.45) is 2.41. The minimum Gasteiger partial charge on any atom is -0.444 e. The van der Waals surface area contributed by atoms with Gasteiger partial charge >= 0.3 is 6.09 Å². The number of hydrogen-bond donors (Lipinski definition) is 2. The van der Waals surface area contributed by atoms with E-state index >= 15 is 0 Å². The molecule has 0 radical (unpaired) electrons. The zero-order valence-electron chi connectivity index (χ0n) is 15.0. The van der Waals surface area contributed by atoms with E-state index in [0.717, 1.165) is 10.9 Å². The Hall–Kier alpha value is -2.28. The van der Waals surface area contributed by atoms with E-state index in [9.17, 15) is 9.90 Å². The lowest BCUT2D eigenvalue weighted by molar-refractivity contribution is -0.0425. The summed E-state index contributed by atoms with van der Waals surface area (Å²) < 4.78 is 7.20. The highest BCUT2D eigenvalue weighted by molar-refractivity contribution is 5.81. The fourth-order valence-corrected chi connectivity index (χ4v) is 3.10. The van der Waals surface area contributed by atoms with Crippen molar-refractivity contribution in [1.82, 2.24) is 14.7 Å². The number of hydrogen-bond acceptors (Lipinski definition) is 5. The number of nitrogens with zero attached hydrogens (tertiary/aromatic N) is 3. The number of amides is 1. The summed E-state index contributed by atoms with van der Waals surface area (Å²) in [6, 6.07) is 5.61. The Bertz CT molecular complexity index is 770. The molecule has 7 heteroatoms. The van der Waals surface area contributed by atoms with E-state index in [4.69, 9.17) is 10.5 Å². The van der Waals surface area contributed by atoms with Crippen LogP contribution in [-0.4, -0.2) is 50.2 Å². The van der Waals surface area contributed by atoms with Crippen molar-refractivity contribution in [2.45, 2.75) is 51.4 Å². The third-order valence-corrected chi connectivity index (χ3v) is 4.46. The van der Waals surface area contributed by atoms with Gasteiger partial charge in [0.25, 0.3) is 0 Å². The van der Waals surface area contributed by atoms with Crippen LogP contribution in [0.1, 0.15) is 33.6 Å². The molecule has 0 unspecified atom stereocenters. The van der Waals surface area contributed by atoms with Gasteiger partial charge in [0.2, 0.25) is 0 Å². The molecule has 1 saturated heterocycles. The van der Waals surface area contributed by atoms with E-state index in [1.54, 1.807) is 15.8 Å². The third-order valence-electron chi connectivity index (χ3n) is 4.46. The van der Waals surface area contributed by atoms with Crippen LogP contribution in [0.4, 0.5) is 10.5 Å². The largest absolute Gasteiger partial charge is 0.444 e. The number of nitrogens with two attached hydrogens (primary N) is 1. The van der Waals surface area contributed by atoms with Crippen molar-refractivity contribution >= 4 is 22.7 Å². The lowest BCUT2D eigenvalue weighted by atomic mass is 9.91. The van der Waals surface area contributed by atoms with Gasteiger partial charge in [-0.1, -0.05) is 0 Å². The molecule has 2 aromatic rings. The predicted molar refractivity (Wildman–Crippen MR) is 96.1 cm³/mol. The molecule has 1 aliphatic rings. The zero-order valence-corrected chi connectivity index (χ0v) is 15.0. The van der Waals surface area contributed by atoms with Crippen LogP contribution in [0.25, 0.3) is 10.9 Å². The van der Waals surface area contributed by atoms with Gasteiger partial charge in [0, 0.05) is 24.2 Å². The van der Waals surface area contributed by atoms with E-state index < -0.39 is 11.2 Å². The van der Waals surface area contributed by atoms with Gasteiger partial charge < -0.3 is 20.5 Å². The van der Waals surface area contributed by atoms with Crippen molar-refractivity contribution in [3.63, 3.8) is 0 Å². The summed E-state index contributed by atoms with van der Waals surface area (Å²) in [5.41, 5.74) is 6.02. The Morgan fingerprint density at radius 3 is 2.68 bits per heavy atom. The highest BCUT2D eigenvalue weighted by Gasteiger charge is 2.36. The molecular weight excluding hydrogens is 320 g/mol. The molecule has 1 aliphatic heterocycles. The second-order valence-electron chi connectivity index (χ2n) is 7.81. The van der Waals surface area contributed by atoms with E-state index in [-0.39, 0.29) is 6.09 Å². The molecule has 7 nitrogen and oxygen atoms in total. The molecule has 3 N–H and O–H groups in total. The number of ether oxygens (including phenoxy) is 1. The van der Waals surface area contributed by atoms with Crippen LogP contribution in [0, 0.1) is 0 Å². The fraction of sp³-hybridized carbons (Fsp3) is 0.556. The molecule has 0 saturated carbocycles. The molecule has 1 fully saturated rings. The van der Waals surface area contributed by atoms with E-state index in [1.807, 2.05) is 39.0 Å². The summed E-state index contributed by atoms with van der Waals surface area (Å²) in [4.78, 5) is 13.8. The first-order valence-electron chi connectivity index (χ1n) is 8.57. The smallest absolute Gasteiger partial charge is 0.410 e. The van der Waals surface area contributed by atoms with Gasteiger partial charge in [-0.25, -0.2) is 4.79 Å². The van der Waals surface area contributed by atoms with Gasteiger partial charge in [0.1, 0.15) is 5.60 Å². The van der Waals surface area contributed by atoms with Crippen molar-refractivity contribution in [2.75, 3.05) is 18.8 Å². The number of likely N-dealkylation sites (tertiary alicyclic amines) is 1. The molecule has 2 heterocycles. The monoisotopic (exact) mass is 346 g/mol. The Balaban J connectivity index is 1.65. The molecule has 25 heavy (non-hydrogen) atoms. The Morgan fingerprint density at radius 1 is 1.36 bits per heavy atom. The average molecular weight is 346 g/mol. The maximum atomic E-state index is 12.1. The molecule has 1 aromatic heterocycles. The molecule has 0 bridgehead atoms. The number of fused-ring (bicyclic) bond motifs is 1. The first kappa shape index (κ1) is 17.5. The first-order valence-corrected chi connectivity index (χ1v) is 8.57. The number of aromatic nitrogens is 2. The number of anilines is 1. The van der Waals surface area contributed by atoms with Gasteiger partial charge in [-0.15, -0.1) is 0 Å². The number of benzene rings is 1. The maximum absolute atomic E-state index is 12.1. The van der Waals surface area contributed by atoms with Crippen molar-refractivity contribution < 1.29 is 14.6 Å². The highest BCUT2D eigenvalue weighted by Crippen LogP contribution is 2.27. The number of carbonyl (C=O) groups is 1. The third kappa shape index (κ3) is 4.04. The molecule has 0 spiro atoms. The van der Waals surface area contributed by atoms with Crippen molar-refractivity contribution in [2.24, 2.45) is 0 Å². The number of aliphatic hydroxyl groups is 1. The summed E-state index contributed by atoms with van der Waals surface area (Å²) in [5, 5.41) is 16.3. The van der Waals surface area contributed by atoms with E-state index in [1.165, 1.54) is 0 Å². The van der Waals surface area contributed by atoms with Crippen LogP contribution < -0.4 is 5.73 Å². The van der Waals surface area contributed by atoms with Gasteiger partial charge in [-0.3, -0.25) is 4.68 Å². The second kappa shape index (κ2) is 6.22. The predicted octanol–water partition coefficient (Wildman–Crippen LogP) is 2.38. The second-order valence-corrected chi connectivity index (χ2v) is 7.81. The standard InChI is InChI=1S/C18H26N4O3/c1-17(2,3)25-16(23)21-8-6-18(24,7-9-21)12-22-15-5-4-14(19)10-13(15)11-20-22/h4-5,10-11,24H,6-9,12,19H2,1-3H3. The summed E-state index contributed by atoms with van der Waals surface area (Å²) in [7, 11) is 0. The van der Waals surface area contributed by atoms with Gasteiger partial charge in [0.15, 0.2) is 0 Å². The van der Waals surface area contributed by atoms with Crippen LogP contribution in [0.15, 0.2) is 24.4 Å². The molecule has 1 amide bonds. The maximum Gasteiger partial charge on any atom is 0.410 e. The van der Waals surface area contributed by atoms with Crippen molar-refractivity contribution in [3.8, 4) is 0 Å². The number of piperidine rings is 1. The molecule has 3 rings (SSSR count). The molecule has 0 aliphatic carbocycles. The van der Waals surface area contributed by atoms with Crippen LogP contribution in [0.2, 0.25) is 0 Å².